The Kier molecular flexibility index (Phi) is 4.00. The van der Waals surface area contributed by atoms with Crippen molar-refractivity contribution in [2.24, 2.45) is 0 Å². The molecule has 7 nitrogen and oxygen atoms in total. The molecule has 4 N–H and O–H groups in total. The van der Waals surface area contributed by atoms with Gasteiger partial charge in [0.05, 0.1) is 11.7 Å². The number of carbonyl (C=O) groups excluding carboxylic acids is 1. The van der Waals surface area contributed by atoms with Crippen LogP contribution in [0, 0.1) is 0 Å². The molecule has 0 saturated carbocycles. The average Bonchev–Trinajstić information content (AvgIpc) is 2.80. The lowest BCUT2D eigenvalue weighted by atomic mass is 10.1. The van der Waals surface area contributed by atoms with Crippen LogP contribution in [0.25, 0.3) is 5.57 Å². The molecule has 0 atom stereocenters. The lowest BCUT2D eigenvalue weighted by molar-refractivity contribution is -0.110. The van der Waals surface area contributed by atoms with E-state index in [-0.39, 0.29) is 12.1 Å². The van der Waals surface area contributed by atoms with Crippen molar-refractivity contribution < 1.29 is 19.1 Å². The number of rotatable bonds is 4. The second-order valence-electron chi connectivity index (χ2n) is 5.08. The highest BCUT2D eigenvalue weighted by atomic mass is 31.2. The fourth-order valence-electron chi connectivity index (χ4n) is 2.26. The Morgan fingerprint density at radius 2 is 1.96 bits per heavy atom. The summed E-state index contributed by atoms with van der Waals surface area (Å²) < 4.78 is 11.0. The van der Waals surface area contributed by atoms with Gasteiger partial charge in [0, 0.05) is 23.6 Å². The van der Waals surface area contributed by atoms with Crippen LogP contribution in [0.2, 0.25) is 0 Å². The second-order valence-corrected chi connectivity index (χ2v) is 6.72. The summed E-state index contributed by atoms with van der Waals surface area (Å²) in [5.74, 6) is 0.298. The summed E-state index contributed by atoms with van der Waals surface area (Å²) in [6, 6.07) is 10.2. The third-order valence-electron chi connectivity index (χ3n) is 3.30. The van der Waals surface area contributed by atoms with Crippen molar-refractivity contribution in [3.8, 4) is 0 Å². The molecule has 8 heteroatoms. The molecule has 1 aromatic heterocycles. The minimum atomic E-state index is -4.07. The van der Waals surface area contributed by atoms with E-state index >= 15 is 0 Å². The normalized spacial score (nSPS) is 15.4. The molecule has 2 heterocycles. The number of hydrogen-bond acceptors (Lipinski definition) is 4. The van der Waals surface area contributed by atoms with Gasteiger partial charge < -0.3 is 20.4 Å². The monoisotopic (exact) mass is 331 g/mol. The topological polar surface area (TPSA) is 112 Å². The van der Waals surface area contributed by atoms with E-state index in [0.717, 1.165) is 5.56 Å². The van der Waals surface area contributed by atoms with Gasteiger partial charge in [-0.15, -0.1) is 0 Å². The maximum Gasteiger partial charge on any atom is 0.329 e. The van der Waals surface area contributed by atoms with Crippen LogP contribution in [0.1, 0.15) is 11.1 Å². The maximum absolute atomic E-state index is 11.9. The van der Waals surface area contributed by atoms with Gasteiger partial charge in [-0.1, -0.05) is 12.1 Å². The average molecular weight is 331 g/mol. The van der Waals surface area contributed by atoms with Crippen LogP contribution < -0.4 is 10.6 Å². The Hall–Kier alpha value is -2.47. The summed E-state index contributed by atoms with van der Waals surface area (Å²) in [4.78, 5) is 33.9. The SMILES string of the molecule is O=C1Nc2ncccc2/C1=C/Nc1ccc(CP(=O)(O)O)cc1. The van der Waals surface area contributed by atoms with E-state index in [2.05, 4.69) is 15.6 Å². The molecule has 1 aromatic carbocycles. The molecule has 1 amide bonds. The number of nitrogens with one attached hydrogen (secondary N) is 2. The number of benzene rings is 1. The Labute approximate surface area is 132 Å². The number of hydrogen-bond donors (Lipinski definition) is 4. The van der Waals surface area contributed by atoms with Crippen molar-refractivity contribution in [3.63, 3.8) is 0 Å². The lowest BCUT2D eigenvalue weighted by Crippen LogP contribution is -2.05. The first kappa shape index (κ1) is 15.4. The number of aromatic nitrogens is 1. The van der Waals surface area contributed by atoms with Crippen LogP contribution in [-0.4, -0.2) is 20.7 Å². The van der Waals surface area contributed by atoms with Crippen molar-refractivity contribution in [3.05, 3.63) is 59.9 Å². The van der Waals surface area contributed by atoms with E-state index in [1.807, 2.05) is 0 Å². The number of carbonyl (C=O) groups is 1. The fraction of sp³-hybridized carbons (Fsp3) is 0.0667. The molecule has 3 rings (SSSR count). The van der Waals surface area contributed by atoms with Gasteiger partial charge in [0.15, 0.2) is 0 Å². The summed E-state index contributed by atoms with van der Waals surface area (Å²) in [5.41, 5.74) is 2.46. The summed E-state index contributed by atoms with van der Waals surface area (Å²) in [6.45, 7) is 0. The molecular weight excluding hydrogens is 317 g/mol. The summed E-state index contributed by atoms with van der Waals surface area (Å²) >= 11 is 0. The molecular formula is C15H14N3O4P. The largest absolute Gasteiger partial charge is 0.361 e. The molecule has 0 saturated heterocycles. The van der Waals surface area contributed by atoms with Crippen molar-refractivity contribution >= 4 is 30.6 Å². The zero-order valence-corrected chi connectivity index (χ0v) is 12.8. The Balaban J connectivity index is 1.76. The molecule has 23 heavy (non-hydrogen) atoms. The van der Waals surface area contributed by atoms with Gasteiger partial charge in [0.25, 0.3) is 5.91 Å². The highest BCUT2D eigenvalue weighted by Gasteiger charge is 2.24. The number of nitrogens with zero attached hydrogens (tertiary/aromatic N) is 1. The number of anilines is 2. The lowest BCUT2D eigenvalue weighted by Gasteiger charge is -2.06. The minimum Gasteiger partial charge on any atom is -0.361 e. The summed E-state index contributed by atoms with van der Waals surface area (Å²) in [7, 11) is -4.07. The van der Waals surface area contributed by atoms with Crippen molar-refractivity contribution in [2.45, 2.75) is 6.16 Å². The van der Waals surface area contributed by atoms with Gasteiger partial charge >= 0.3 is 7.60 Å². The van der Waals surface area contributed by atoms with Crippen LogP contribution in [0.5, 0.6) is 0 Å². The highest BCUT2D eigenvalue weighted by Crippen LogP contribution is 2.39. The molecule has 0 bridgehead atoms. The standard InChI is InChI=1S/C15H14N3O4P/c19-15-13(12-2-1-7-16-14(12)18-15)8-17-11-5-3-10(4-6-11)9-23(20,21)22/h1-8,17H,9H2,(H,16,18,19)(H2,20,21,22)/b13-8-. The van der Waals surface area contributed by atoms with Gasteiger partial charge in [0.2, 0.25) is 0 Å². The zero-order valence-electron chi connectivity index (χ0n) is 11.9. The van der Waals surface area contributed by atoms with Crippen molar-refractivity contribution in [1.29, 1.82) is 0 Å². The van der Waals surface area contributed by atoms with Gasteiger partial charge in [0.1, 0.15) is 5.82 Å². The van der Waals surface area contributed by atoms with Crippen LogP contribution in [0.3, 0.4) is 0 Å². The molecule has 1 aliphatic rings. The first-order valence-electron chi connectivity index (χ1n) is 6.79. The summed E-state index contributed by atoms with van der Waals surface area (Å²) in [6.07, 6.45) is 2.89. The zero-order chi connectivity index (χ0) is 16.4. The number of fused-ring (bicyclic) bond motifs is 1. The van der Waals surface area contributed by atoms with E-state index in [1.54, 1.807) is 48.8 Å². The Bertz CT molecular complexity index is 827. The van der Waals surface area contributed by atoms with E-state index in [9.17, 15) is 9.36 Å². The van der Waals surface area contributed by atoms with Gasteiger partial charge in [-0.25, -0.2) is 4.98 Å². The molecule has 118 valence electrons. The van der Waals surface area contributed by atoms with Crippen LogP contribution in [0.4, 0.5) is 11.5 Å². The van der Waals surface area contributed by atoms with Crippen molar-refractivity contribution in [2.75, 3.05) is 10.6 Å². The molecule has 0 spiro atoms. The van der Waals surface area contributed by atoms with E-state index in [1.165, 1.54) is 0 Å². The van der Waals surface area contributed by atoms with E-state index in [4.69, 9.17) is 9.79 Å². The first-order chi connectivity index (χ1) is 10.9. The van der Waals surface area contributed by atoms with Crippen LogP contribution in [-0.2, 0) is 15.5 Å². The van der Waals surface area contributed by atoms with Gasteiger partial charge in [-0.3, -0.25) is 9.36 Å². The third-order valence-corrected chi connectivity index (χ3v) is 4.08. The van der Waals surface area contributed by atoms with E-state index in [0.29, 0.717) is 22.6 Å². The molecule has 1 aliphatic heterocycles. The molecule has 0 radical (unpaired) electrons. The quantitative estimate of drug-likeness (QED) is 0.505. The number of pyridine rings is 1. The molecule has 2 aromatic rings. The first-order valence-corrected chi connectivity index (χ1v) is 8.59. The van der Waals surface area contributed by atoms with Crippen molar-refractivity contribution in [1.82, 2.24) is 4.98 Å². The third kappa shape index (κ3) is 3.65. The smallest absolute Gasteiger partial charge is 0.329 e. The second kappa shape index (κ2) is 5.96. The highest BCUT2D eigenvalue weighted by molar-refractivity contribution is 7.50. The van der Waals surface area contributed by atoms with Crippen LogP contribution >= 0.6 is 7.60 Å². The maximum atomic E-state index is 11.9. The molecule has 0 aliphatic carbocycles. The Morgan fingerprint density at radius 1 is 1.22 bits per heavy atom. The van der Waals surface area contributed by atoms with E-state index < -0.39 is 7.60 Å². The predicted molar refractivity (Wildman–Crippen MR) is 86.7 cm³/mol. The fourth-order valence-corrected chi connectivity index (χ4v) is 2.95. The minimum absolute atomic E-state index is 0.232. The molecule has 0 unspecified atom stereocenters. The molecule has 0 fully saturated rings. The summed E-state index contributed by atoms with van der Waals surface area (Å²) in [5, 5.41) is 5.68. The van der Waals surface area contributed by atoms with Gasteiger partial charge in [-0.05, 0) is 29.8 Å². The Morgan fingerprint density at radius 3 is 2.65 bits per heavy atom. The predicted octanol–water partition coefficient (Wildman–Crippen LogP) is 2.16. The van der Waals surface area contributed by atoms with Gasteiger partial charge in [-0.2, -0.15) is 0 Å². The number of amides is 1. The van der Waals surface area contributed by atoms with Crippen LogP contribution in [0.15, 0.2) is 48.8 Å².